The minimum atomic E-state index is -0.111. The predicted octanol–water partition coefficient (Wildman–Crippen LogP) is 5.74. The molecule has 0 amide bonds. The molecule has 0 aliphatic rings. The van der Waals surface area contributed by atoms with Crippen LogP contribution in [0.3, 0.4) is 0 Å². The molecule has 1 N–H and O–H groups in total. The summed E-state index contributed by atoms with van der Waals surface area (Å²) in [5, 5.41) is 14.2. The molecule has 1 heterocycles. The van der Waals surface area contributed by atoms with Crippen LogP contribution in [-0.2, 0) is 12.0 Å². The Bertz CT molecular complexity index is 980. The van der Waals surface area contributed by atoms with Crippen LogP contribution in [-0.4, -0.2) is 16.3 Å². The van der Waals surface area contributed by atoms with E-state index in [0.717, 1.165) is 22.4 Å². The molecule has 5 heteroatoms. The summed E-state index contributed by atoms with van der Waals surface area (Å²) in [5.41, 5.74) is 4.37. The van der Waals surface area contributed by atoms with Gasteiger partial charge in [-0.25, -0.2) is 0 Å². The Morgan fingerprint density at radius 1 is 1.07 bits per heavy atom. The summed E-state index contributed by atoms with van der Waals surface area (Å²) < 4.78 is 7.56. The minimum Gasteiger partial charge on any atom is -0.493 e. The number of aromatic nitrogens is 1. The van der Waals surface area contributed by atoms with Gasteiger partial charge in [0.05, 0.1) is 12.1 Å². The van der Waals surface area contributed by atoms with Gasteiger partial charge in [0, 0.05) is 5.39 Å². The first-order chi connectivity index (χ1) is 12.7. The SMILES string of the molecule is Cc1ccc2c(N=O)c(O)n(CCOc3ccc(C(C)(C)C)cc3)c2c1C. The molecule has 2 aromatic carbocycles. The van der Waals surface area contributed by atoms with Crippen molar-refractivity contribution in [3.8, 4) is 11.6 Å². The summed E-state index contributed by atoms with van der Waals surface area (Å²) in [7, 11) is 0. The third-order valence-electron chi connectivity index (χ3n) is 5.09. The van der Waals surface area contributed by atoms with Crippen molar-refractivity contribution in [2.45, 2.75) is 46.6 Å². The average molecular weight is 366 g/mol. The van der Waals surface area contributed by atoms with Crippen molar-refractivity contribution < 1.29 is 9.84 Å². The Balaban J connectivity index is 1.82. The van der Waals surface area contributed by atoms with Crippen molar-refractivity contribution in [3.05, 3.63) is 58.0 Å². The van der Waals surface area contributed by atoms with Crippen molar-refractivity contribution in [1.82, 2.24) is 4.57 Å². The largest absolute Gasteiger partial charge is 0.493 e. The van der Waals surface area contributed by atoms with Crippen molar-refractivity contribution in [2.24, 2.45) is 5.18 Å². The van der Waals surface area contributed by atoms with E-state index in [1.807, 2.05) is 38.1 Å². The molecule has 0 fully saturated rings. The highest BCUT2D eigenvalue weighted by molar-refractivity contribution is 5.97. The van der Waals surface area contributed by atoms with Crippen LogP contribution in [0.4, 0.5) is 5.69 Å². The van der Waals surface area contributed by atoms with Crippen molar-refractivity contribution in [2.75, 3.05) is 6.61 Å². The lowest BCUT2D eigenvalue weighted by Gasteiger charge is -2.19. The summed E-state index contributed by atoms with van der Waals surface area (Å²) >= 11 is 0. The summed E-state index contributed by atoms with van der Waals surface area (Å²) in [6.45, 7) is 11.3. The van der Waals surface area contributed by atoms with E-state index in [1.165, 1.54) is 5.56 Å². The number of rotatable bonds is 5. The third kappa shape index (κ3) is 3.54. The van der Waals surface area contributed by atoms with E-state index < -0.39 is 0 Å². The monoisotopic (exact) mass is 366 g/mol. The smallest absolute Gasteiger partial charge is 0.222 e. The molecule has 1 aromatic heterocycles. The maximum Gasteiger partial charge on any atom is 0.222 e. The molecule has 3 rings (SSSR count). The van der Waals surface area contributed by atoms with Gasteiger partial charge in [-0.2, -0.15) is 0 Å². The van der Waals surface area contributed by atoms with Gasteiger partial charge in [-0.1, -0.05) is 45.0 Å². The number of hydrogen-bond acceptors (Lipinski definition) is 4. The van der Waals surface area contributed by atoms with E-state index >= 15 is 0 Å². The summed E-state index contributed by atoms with van der Waals surface area (Å²) in [6.07, 6.45) is 0. The van der Waals surface area contributed by atoms with Crippen molar-refractivity contribution in [3.63, 3.8) is 0 Å². The number of ether oxygens (including phenoxy) is 1. The molecule has 0 saturated heterocycles. The zero-order chi connectivity index (χ0) is 19.8. The molecule has 0 aliphatic heterocycles. The van der Waals surface area contributed by atoms with E-state index in [-0.39, 0.29) is 17.0 Å². The van der Waals surface area contributed by atoms with Crippen molar-refractivity contribution >= 4 is 16.6 Å². The lowest BCUT2D eigenvalue weighted by Crippen LogP contribution is -2.11. The van der Waals surface area contributed by atoms with Gasteiger partial charge in [0.15, 0.2) is 5.69 Å². The Kier molecular flexibility index (Phi) is 4.96. The van der Waals surface area contributed by atoms with Crippen molar-refractivity contribution in [1.29, 1.82) is 0 Å². The molecule has 0 spiro atoms. The Morgan fingerprint density at radius 2 is 1.74 bits per heavy atom. The van der Waals surface area contributed by atoms with Gasteiger partial charge in [-0.05, 0) is 53.3 Å². The predicted molar refractivity (Wildman–Crippen MR) is 109 cm³/mol. The Morgan fingerprint density at radius 3 is 2.33 bits per heavy atom. The van der Waals surface area contributed by atoms with Crippen LogP contribution in [0.25, 0.3) is 10.9 Å². The zero-order valence-corrected chi connectivity index (χ0v) is 16.5. The molecule has 0 aliphatic carbocycles. The lowest BCUT2D eigenvalue weighted by molar-refractivity contribution is 0.290. The van der Waals surface area contributed by atoms with Gasteiger partial charge in [0.25, 0.3) is 0 Å². The number of hydrogen-bond donors (Lipinski definition) is 1. The van der Waals surface area contributed by atoms with Gasteiger partial charge >= 0.3 is 0 Å². The van der Waals surface area contributed by atoms with Crippen LogP contribution < -0.4 is 4.74 Å². The fourth-order valence-corrected chi connectivity index (χ4v) is 3.31. The number of fused-ring (bicyclic) bond motifs is 1. The summed E-state index contributed by atoms with van der Waals surface area (Å²) in [6, 6.07) is 11.8. The first-order valence-electron chi connectivity index (χ1n) is 9.12. The highest BCUT2D eigenvalue weighted by Crippen LogP contribution is 2.40. The van der Waals surface area contributed by atoms with Crippen LogP contribution in [0.5, 0.6) is 11.6 Å². The van der Waals surface area contributed by atoms with Crippen LogP contribution in [0.1, 0.15) is 37.5 Å². The van der Waals surface area contributed by atoms with Gasteiger partial charge in [0.1, 0.15) is 12.4 Å². The molecule has 3 aromatic rings. The third-order valence-corrected chi connectivity index (χ3v) is 5.09. The molecule has 142 valence electrons. The maximum absolute atomic E-state index is 11.2. The normalized spacial score (nSPS) is 11.7. The highest BCUT2D eigenvalue weighted by Gasteiger charge is 2.19. The summed E-state index contributed by atoms with van der Waals surface area (Å²) in [4.78, 5) is 11.2. The fraction of sp³-hybridized carbons (Fsp3) is 0.364. The second-order valence-corrected chi connectivity index (χ2v) is 7.94. The van der Waals surface area contributed by atoms with Crippen LogP contribution in [0.15, 0.2) is 41.6 Å². The van der Waals surface area contributed by atoms with Gasteiger partial charge in [-0.3, -0.25) is 0 Å². The van der Waals surface area contributed by atoms with Gasteiger partial charge in [-0.15, -0.1) is 4.91 Å². The second-order valence-electron chi connectivity index (χ2n) is 7.94. The first kappa shape index (κ1) is 19.0. The van der Waals surface area contributed by atoms with E-state index in [2.05, 4.69) is 38.1 Å². The van der Waals surface area contributed by atoms with Crippen LogP contribution >= 0.6 is 0 Å². The van der Waals surface area contributed by atoms with E-state index in [1.54, 1.807) is 4.57 Å². The van der Waals surface area contributed by atoms with Crippen LogP contribution in [0.2, 0.25) is 0 Å². The highest BCUT2D eigenvalue weighted by atomic mass is 16.5. The minimum absolute atomic E-state index is 0.0858. The number of nitrogens with zero attached hydrogens (tertiary/aromatic N) is 2. The molecular formula is C22H26N2O3. The summed E-state index contributed by atoms with van der Waals surface area (Å²) in [5.74, 6) is 0.668. The molecule has 0 bridgehead atoms. The Hall–Kier alpha value is -2.82. The van der Waals surface area contributed by atoms with Gasteiger partial charge < -0.3 is 14.4 Å². The maximum atomic E-state index is 11.2. The number of nitroso groups, excluding NO2 is 1. The quantitative estimate of drug-likeness (QED) is 0.586. The van der Waals surface area contributed by atoms with E-state index in [4.69, 9.17) is 4.74 Å². The molecule has 5 nitrogen and oxygen atoms in total. The molecule has 0 atom stereocenters. The molecule has 0 unspecified atom stereocenters. The Labute approximate surface area is 159 Å². The van der Waals surface area contributed by atoms with Crippen LogP contribution in [0, 0.1) is 18.8 Å². The molecule has 0 radical (unpaired) electrons. The van der Waals surface area contributed by atoms with E-state index in [9.17, 15) is 10.0 Å². The standard InChI is InChI=1S/C22H26N2O3/c1-14-6-11-18-19(23-26)21(25)24(20(18)15(14)2)12-13-27-17-9-7-16(8-10-17)22(3,4)5/h6-11,25H,12-13H2,1-5H3. The van der Waals surface area contributed by atoms with E-state index in [0.29, 0.717) is 18.5 Å². The zero-order valence-electron chi connectivity index (χ0n) is 16.5. The first-order valence-corrected chi connectivity index (χ1v) is 9.12. The number of aryl methyl sites for hydroxylation is 2. The molecule has 0 saturated carbocycles. The number of aromatic hydroxyl groups is 1. The second kappa shape index (κ2) is 7.06. The lowest BCUT2D eigenvalue weighted by atomic mass is 9.87. The fourth-order valence-electron chi connectivity index (χ4n) is 3.31. The van der Waals surface area contributed by atoms with Gasteiger partial charge in [0.2, 0.25) is 5.88 Å². The number of benzene rings is 2. The molecule has 27 heavy (non-hydrogen) atoms. The topological polar surface area (TPSA) is 63.8 Å². The average Bonchev–Trinajstić information content (AvgIpc) is 2.90. The molecular weight excluding hydrogens is 340 g/mol.